The number of rotatable bonds is 7. The van der Waals surface area contributed by atoms with Gasteiger partial charge in [-0.1, -0.05) is 13.8 Å². The third kappa shape index (κ3) is 6.79. The maximum absolute atomic E-state index is 13.9. The van der Waals surface area contributed by atoms with Crippen molar-refractivity contribution in [2.45, 2.75) is 45.4 Å². The summed E-state index contributed by atoms with van der Waals surface area (Å²) in [4.78, 5) is 30.4. The number of ether oxygens (including phenoxy) is 3. The zero-order chi connectivity index (χ0) is 28.4. The molecule has 12 heteroatoms. The molecule has 2 aliphatic heterocycles. The number of hydrogen-bond acceptors (Lipinski definition) is 8. The molecule has 1 aromatic carbocycles. The predicted octanol–water partition coefficient (Wildman–Crippen LogP) is 4.60. The number of fused-ring (bicyclic) bond motifs is 1. The Labute approximate surface area is 229 Å². The number of halogens is 3. The highest BCUT2D eigenvalue weighted by atomic mass is 32.1. The van der Waals surface area contributed by atoms with Gasteiger partial charge < -0.3 is 19.1 Å². The maximum atomic E-state index is 13.9. The quantitative estimate of drug-likeness (QED) is 0.453. The lowest BCUT2D eigenvalue weighted by molar-refractivity contribution is -0.141. The minimum atomic E-state index is -4.78. The first-order chi connectivity index (χ1) is 18.4. The van der Waals surface area contributed by atoms with Crippen LogP contribution in [-0.4, -0.2) is 78.2 Å². The molecule has 8 nitrogen and oxygen atoms in total. The molecule has 1 aromatic heterocycles. The third-order valence-electron chi connectivity index (χ3n) is 6.40. The van der Waals surface area contributed by atoms with Crippen molar-refractivity contribution in [1.29, 1.82) is 0 Å². The summed E-state index contributed by atoms with van der Waals surface area (Å²) in [5.41, 5.74) is -2.45. The molecule has 39 heavy (non-hydrogen) atoms. The molecule has 0 atom stereocenters. The molecule has 0 saturated carbocycles. The number of esters is 1. The van der Waals surface area contributed by atoms with Crippen LogP contribution in [0.5, 0.6) is 5.75 Å². The monoisotopic (exact) mass is 567 g/mol. The molecule has 0 spiro atoms. The zero-order valence-electron chi connectivity index (χ0n) is 22.3. The highest BCUT2D eigenvalue weighted by Crippen LogP contribution is 2.45. The average molecular weight is 568 g/mol. The van der Waals surface area contributed by atoms with Crippen LogP contribution >= 0.6 is 11.5 Å². The molecule has 3 heterocycles. The van der Waals surface area contributed by atoms with Crippen molar-refractivity contribution in [3.63, 3.8) is 0 Å². The van der Waals surface area contributed by atoms with E-state index in [4.69, 9.17) is 14.2 Å². The van der Waals surface area contributed by atoms with Gasteiger partial charge in [0.2, 0.25) is 0 Å². The summed E-state index contributed by atoms with van der Waals surface area (Å²) in [5, 5.41) is 0. The van der Waals surface area contributed by atoms with Crippen molar-refractivity contribution in [3.8, 4) is 5.75 Å². The largest absolute Gasteiger partial charge is 0.492 e. The molecule has 0 radical (unpaired) electrons. The number of hydrogen-bond donors (Lipinski definition) is 0. The molecular weight excluding hydrogens is 535 g/mol. The van der Waals surface area contributed by atoms with Crippen LogP contribution in [0.1, 0.15) is 54.2 Å². The number of aromatic nitrogens is 1. The van der Waals surface area contributed by atoms with Gasteiger partial charge in [-0.3, -0.25) is 9.69 Å². The molecular formula is C27H32F3N3O5S. The Bertz CT molecular complexity index is 1220. The van der Waals surface area contributed by atoms with E-state index in [0.29, 0.717) is 42.7 Å². The molecule has 2 aromatic rings. The molecule has 4 rings (SSSR count). The number of amides is 1. The van der Waals surface area contributed by atoms with Crippen molar-refractivity contribution >= 4 is 29.0 Å². The Morgan fingerprint density at radius 2 is 1.82 bits per heavy atom. The molecule has 0 bridgehead atoms. The minimum absolute atomic E-state index is 0.0363. The zero-order valence-corrected chi connectivity index (χ0v) is 23.2. The molecule has 0 unspecified atom stereocenters. The van der Waals surface area contributed by atoms with Gasteiger partial charge in [-0.15, -0.1) is 0 Å². The highest BCUT2D eigenvalue weighted by molar-refractivity contribution is 7.06. The van der Waals surface area contributed by atoms with Crippen molar-refractivity contribution in [3.05, 3.63) is 52.2 Å². The summed E-state index contributed by atoms with van der Waals surface area (Å²) < 4.78 is 61.8. The van der Waals surface area contributed by atoms with Crippen LogP contribution in [-0.2, 0) is 25.9 Å². The Kier molecular flexibility index (Phi) is 8.67. The lowest BCUT2D eigenvalue weighted by atomic mass is 9.87. The van der Waals surface area contributed by atoms with E-state index < -0.39 is 35.3 Å². The second-order valence-electron chi connectivity index (χ2n) is 10.4. The first kappa shape index (κ1) is 29.0. The van der Waals surface area contributed by atoms with Gasteiger partial charge in [-0.05, 0) is 49.6 Å². The Morgan fingerprint density at radius 3 is 2.44 bits per heavy atom. The second kappa shape index (κ2) is 11.6. The first-order valence-corrected chi connectivity index (χ1v) is 13.5. The SMILES string of the molecule is CC(C)OC(=O)C1=CN(C(=O)c2ccc(OCCN3CCOCC3)cc2)CC(C)(C)c2snc(C(F)(F)F)c21. The van der Waals surface area contributed by atoms with Crippen LogP contribution in [0.25, 0.3) is 5.57 Å². The molecule has 0 N–H and O–H groups in total. The van der Waals surface area contributed by atoms with Gasteiger partial charge in [-0.25, -0.2) is 4.79 Å². The van der Waals surface area contributed by atoms with Gasteiger partial charge in [0.05, 0.1) is 24.9 Å². The van der Waals surface area contributed by atoms with Gasteiger partial charge in [0.15, 0.2) is 5.69 Å². The van der Waals surface area contributed by atoms with Gasteiger partial charge in [-0.2, -0.15) is 17.5 Å². The van der Waals surface area contributed by atoms with Gasteiger partial charge in [0.25, 0.3) is 5.91 Å². The van der Waals surface area contributed by atoms with E-state index in [1.807, 2.05) is 0 Å². The van der Waals surface area contributed by atoms with E-state index in [1.54, 1.807) is 52.0 Å². The standard InChI is InChI=1S/C27H32F3N3O5S/c1-17(2)38-25(35)20-15-33(16-26(3,4)23-21(20)22(31-39-23)27(28,29)30)24(34)18-5-7-19(8-6-18)37-14-11-32-9-12-36-13-10-32/h5-8,15,17H,9-14,16H2,1-4H3. The van der Waals surface area contributed by atoms with Gasteiger partial charge >= 0.3 is 12.1 Å². The smallest absolute Gasteiger partial charge is 0.435 e. The summed E-state index contributed by atoms with van der Waals surface area (Å²) in [6.45, 7) is 11.0. The van der Waals surface area contributed by atoms with Crippen LogP contribution in [0, 0.1) is 0 Å². The van der Waals surface area contributed by atoms with Crippen LogP contribution in [0.3, 0.4) is 0 Å². The summed E-state index contributed by atoms with van der Waals surface area (Å²) >= 11 is 0.685. The number of carbonyl (C=O) groups is 2. The highest BCUT2D eigenvalue weighted by Gasteiger charge is 2.45. The third-order valence-corrected chi connectivity index (χ3v) is 7.61. The predicted molar refractivity (Wildman–Crippen MR) is 140 cm³/mol. The number of benzene rings is 1. The van der Waals surface area contributed by atoms with E-state index in [-0.39, 0.29) is 22.6 Å². The van der Waals surface area contributed by atoms with Crippen LogP contribution in [0.15, 0.2) is 30.5 Å². The van der Waals surface area contributed by atoms with E-state index >= 15 is 0 Å². The molecule has 0 aliphatic carbocycles. The number of carbonyl (C=O) groups excluding carboxylic acids is 2. The molecule has 1 fully saturated rings. The maximum Gasteiger partial charge on any atom is 0.435 e. The number of morpholine rings is 1. The normalized spacial score (nSPS) is 17.8. The van der Waals surface area contributed by atoms with E-state index in [9.17, 15) is 22.8 Å². The van der Waals surface area contributed by atoms with Crippen molar-refractivity contribution in [2.24, 2.45) is 0 Å². The summed E-state index contributed by atoms with van der Waals surface area (Å²) in [7, 11) is 0. The summed E-state index contributed by atoms with van der Waals surface area (Å²) in [6.07, 6.45) is -4.19. The van der Waals surface area contributed by atoms with Crippen LogP contribution < -0.4 is 4.74 Å². The fourth-order valence-electron chi connectivity index (χ4n) is 4.50. The molecule has 1 saturated heterocycles. The van der Waals surface area contributed by atoms with Crippen molar-refractivity contribution < 1.29 is 37.0 Å². The lowest BCUT2D eigenvalue weighted by Gasteiger charge is -2.28. The van der Waals surface area contributed by atoms with Gasteiger partial charge in [0, 0.05) is 53.8 Å². The fourth-order valence-corrected chi connectivity index (χ4v) is 5.49. The van der Waals surface area contributed by atoms with E-state index in [2.05, 4.69) is 9.27 Å². The molecule has 1 amide bonds. The first-order valence-electron chi connectivity index (χ1n) is 12.7. The fraction of sp³-hybridized carbons (Fsp3) is 0.519. The topological polar surface area (TPSA) is 81.2 Å². The van der Waals surface area contributed by atoms with Crippen molar-refractivity contribution in [2.75, 3.05) is 46.0 Å². The number of alkyl halides is 3. The van der Waals surface area contributed by atoms with Crippen LogP contribution in [0.4, 0.5) is 13.2 Å². The molecule has 2 aliphatic rings. The lowest BCUT2D eigenvalue weighted by Crippen LogP contribution is -2.38. The summed E-state index contributed by atoms with van der Waals surface area (Å²) in [6, 6.07) is 6.55. The van der Waals surface area contributed by atoms with E-state index in [1.165, 1.54) is 4.90 Å². The van der Waals surface area contributed by atoms with Gasteiger partial charge in [0.1, 0.15) is 12.4 Å². The average Bonchev–Trinajstić information content (AvgIpc) is 3.29. The summed E-state index contributed by atoms with van der Waals surface area (Å²) in [5.74, 6) is -0.818. The Hall–Kier alpha value is -2.96. The Balaban J connectivity index is 1.59. The van der Waals surface area contributed by atoms with Crippen LogP contribution in [0.2, 0.25) is 0 Å². The molecule has 212 valence electrons. The Morgan fingerprint density at radius 1 is 1.15 bits per heavy atom. The van der Waals surface area contributed by atoms with E-state index in [0.717, 1.165) is 25.8 Å². The second-order valence-corrected chi connectivity index (χ2v) is 11.1. The minimum Gasteiger partial charge on any atom is -0.492 e. The van der Waals surface area contributed by atoms with Crippen molar-refractivity contribution in [1.82, 2.24) is 14.2 Å². The number of nitrogens with zero attached hydrogens (tertiary/aromatic N) is 3.